The van der Waals surface area contributed by atoms with Gasteiger partial charge in [-0.2, -0.15) is 0 Å². The van der Waals surface area contributed by atoms with E-state index < -0.39 is 23.5 Å². The maximum Gasteiger partial charge on any atom is 0.295 e. The molecule has 0 bridgehead atoms. The molecule has 8 heteroatoms. The molecule has 2 N–H and O–H groups in total. The third-order valence-corrected chi connectivity index (χ3v) is 5.22. The van der Waals surface area contributed by atoms with Crippen LogP contribution in [0.25, 0.3) is 5.76 Å². The topological polar surface area (TPSA) is 99.5 Å². The molecule has 0 saturated carbocycles. The third-order valence-electron chi connectivity index (χ3n) is 5.22. The van der Waals surface area contributed by atoms with Gasteiger partial charge in [0.15, 0.2) is 0 Å². The van der Waals surface area contributed by atoms with Crippen LogP contribution in [0.1, 0.15) is 17.2 Å². The van der Waals surface area contributed by atoms with E-state index in [1.54, 1.807) is 30.3 Å². The van der Waals surface area contributed by atoms with Crippen molar-refractivity contribution in [2.75, 3.05) is 41.4 Å². The summed E-state index contributed by atoms with van der Waals surface area (Å²) in [6, 6.07) is 10.5. The van der Waals surface area contributed by atoms with Gasteiger partial charge in [0.1, 0.15) is 23.0 Å². The minimum Gasteiger partial charge on any atom is -0.507 e. The predicted molar refractivity (Wildman–Crippen MR) is 115 cm³/mol. The Morgan fingerprint density at radius 1 is 1.10 bits per heavy atom. The maximum absolute atomic E-state index is 13.0. The second-order valence-electron chi connectivity index (χ2n) is 7.42. The minimum absolute atomic E-state index is 0.0336. The molecule has 1 amide bonds. The molecular weight excluding hydrogens is 400 g/mol. The lowest BCUT2D eigenvalue weighted by Crippen LogP contribution is -2.35. The Morgan fingerprint density at radius 3 is 2.42 bits per heavy atom. The molecule has 2 aromatic carbocycles. The van der Waals surface area contributed by atoms with Crippen LogP contribution in [0, 0.1) is 0 Å². The number of amides is 1. The van der Waals surface area contributed by atoms with Gasteiger partial charge in [0.05, 0.1) is 31.4 Å². The summed E-state index contributed by atoms with van der Waals surface area (Å²) in [5.41, 5.74) is 0.498. The summed E-state index contributed by atoms with van der Waals surface area (Å²) in [5.74, 6) is -1.39. The highest BCUT2D eigenvalue weighted by molar-refractivity contribution is 6.46. The Labute approximate surface area is 180 Å². The zero-order valence-electron chi connectivity index (χ0n) is 18.0. The lowest BCUT2D eigenvalue weighted by Gasteiger charge is -2.27. The van der Waals surface area contributed by atoms with Crippen molar-refractivity contribution in [3.63, 3.8) is 0 Å². The van der Waals surface area contributed by atoms with Gasteiger partial charge in [-0.1, -0.05) is 18.2 Å². The zero-order chi connectivity index (χ0) is 22.7. The Kier molecular flexibility index (Phi) is 6.50. The number of Topliss-reactive ketones (excluding diaryl/α,β-unsaturated/α-hetero) is 1. The number of phenolic OH excluding ortho intramolecular Hbond substituents is 1. The van der Waals surface area contributed by atoms with E-state index in [1.807, 2.05) is 19.0 Å². The Bertz CT molecular complexity index is 1030. The number of likely N-dealkylation sites (N-methyl/N-ethyl adjacent to an activating group) is 1. The van der Waals surface area contributed by atoms with Crippen LogP contribution < -0.4 is 9.47 Å². The highest BCUT2D eigenvalue weighted by Gasteiger charge is 2.47. The van der Waals surface area contributed by atoms with Crippen LogP contribution in [0.3, 0.4) is 0 Å². The SMILES string of the molecule is COc1ccc(C(O)=C2C(=O)C(=O)N(CCN(C)C)[C@@H]2c2ccccc2OC)c(O)c1. The molecule has 1 aliphatic heterocycles. The highest BCUT2D eigenvalue weighted by Crippen LogP contribution is 2.43. The Hall–Kier alpha value is -3.52. The lowest BCUT2D eigenvalue weighted by atomic mass is 9.94. The molecular formula is C23H26N2O6. The van der Waals surface area contributed by atoms with Crippen molar-refractivity contribution in [1.82, 2.24) is 9.80 Å². The second-order valence-corrected chi connectivity index (χ2v) is 7.42. The number of carbonyl (C=O) groups excluding carboxylic acids is 2. The van der Waals surface area contributed by atoms with Gasteiger partial charge in [0, 0.05) is 24.7 Å². The first-order valence-corrected chi connectivity index (χ1v) is 9.73. The fraction of sp³-hybridized carbons (Fsp3) is 0.304. The fourth-order valence-corrected chi connectivity index (χ4v) is 3.62. The number of ether oxygens (including phenoxy) is 2. The number of para-hydroxylation sites is 1. The van der Waals surface area contributed by atoms with E-state index in [-0.39, 0.29) is 23.4 Å². The quantitative estimate of drug-likeness (QED) is 0.398. The number of rotatable bonds is 7. The predicted octanol–water partition coefficient (Wildman–Crippen LogP) is 2.39. The van der Waals surface area contributed by atoms with Gasteiger partial charge in [0.2, 0.25) is 0 Å². The molecule has 31 heavy (non-hydrogen) atoms. The summed E-state index contributed by atoms with van der Waals surface area (Å²) < 4.78 is 10.5. The van der Waals surface area contributed by atoms with E-state index in [9.17, 15) is 19.8 Å². The monoisotopic (exact) mass is 426 g/mol. The number of aromatic hydroxyl groups is 1. The summed E-state index contributed by atoms with van der Waals surface area (Å²) in [5, 5.41) is 21.5. The van der Waals surface area contributed by atoms with Crippen molar-refractivity contribution in [3.8, 4) is 17.2 Å². The van der Waals surface area contributed by atoms with Crippen molar-refractivity contribution < 1.29 is 29.3 Å². The molecule has 2 aromatic rings. The van der Waals surface area contributed by atoms with Crippen molar-refractivity contribution in [2.45, 2.75) is 6.04 Å². The summed E-state index contributed by atoms with van der Waals surface area (Å²) in [7, 11) is 6.68. The molecule has 0 aliphatic carbocycles. The first-order chi connectivity index (χ1) is 14.8. The molecule has 1 fully saturated rings. The fourth-order valence-electron chi connectivity index (χ4n) is 3.62. The van der Waals surface area contributed by atoms with E-state index in [0.29, 0.717) is 23.6 Å². The lowest BCUT2D eigenvalue weighted by molar-refractivity contribution is -0.140. The van der Waals surface area contributed by atoms with Crippen LogP contribution in [-0.4, -0.2) is 73.1 Å². The van der Waals surface area contributed by atoms with Crippen LogP contribution in [0.2, 0.25) is 0 Å². The van der Waals surface area contributed by atoms with Gasteiger partial charge in [-0.05, 0) is 32.3 Å². The first-order valence-electron chi connectivity index (χ1n) is 9.73. The molecule has 164 valence electrons. The smallest absolute Gasteiger partial charge is 0.295 e. The first kappa shape index (κ1) is 22.2. The van der Waals surface area contributed by atoms with Gasteiger partial charge in [-0.15, -0.1) is 0 Å². The number of aliphatic hydroxyl groups is 1. The number of carbonyl (C=O) groups is 2. The van der Waals surface area contributed by atoms with Gasteiger partial charge in [-0.25, -0.2) is 0 Å². The van der Waals surface area contributed by atoms with Gasteiger partial charge < -0.3 is 29.5 Å². The summed E-state index contributed by atoms with van der Waals surface area (Å²) in [6.07, 6.45) is 0. The number of aliphatic hydroxyl groups excluding tert-OH is 1. The average molecular weight is 426 g/mol. The van der Waals surface area contributed by atoms with Crippen LogP contribution in [0.5, 0.6) is 17.2 Å². The van der Waals surface area contributed by atoms with Crippen molar-refractivity contribution in [1.29, 1.82) is 0 Å². The number of ketones is 1. The van der Waals surface area contributed by atoms with Crippen molar-refractivity contribution in [2.24, 2.45) is 0 Å². The number of hydrogen-bond donors (Lipinski definition) is 2. The second kappa shape index (κ2) is 9.09. The third kappa shape index (κ3) is 4.20. The van der Waals surface area contributed by atoms with E-state index in [1.165, 1.54) is 31.3 Å². The highest BCUT2D eigenvalue weighted by atomic mass is 16.5. The van der Waals surface area contributed by atoms with Crippen LogP contribution >= 0.6 is 0 Å². The van der Waals surface area contributed by atoms with Gasteiger partial charge >= 0.3 is 0 Å². The number of nitrogens with zero attached hydrogens (tertiary/aromatic N) is 2. The maximum atomic E-state index is 13.0. The number of likely N-dealkylation sites (tertiary alicyclic amines) is 1. The number of phenols is 1. The Balaban J connectivity index is 2.21. The molecule has 0 unspecified atom stereocenters. The zero-order valence-corrected chi connectivity index (χ0v) is 18.0. The molecule has 1 saturated heterocycles. The molecule has 0 spiro atoms. The average Bonchev–Trinajstić information content (AvgIpc) is 3.01. The molecule has 3 rings (SSSR count). The minimum atomic E-state index is -0.863. The Morgan fingerprint density at radius 2 is 1.81 bits per heavy atom. The van der Waals surface area contributed by atoms with Gasteiger partial charge in [-0.3, -0.25) is 9.59 Å². The largest absolute Gasteiger partial charge is 0.507 e. The van der Waals surface area contributed by atoms with Crippen LogP contribution in [-0.2, 0) is 9.59 Å². The normalized spacial score (nSPS) is 18.0. The number of methoxy groups -OCH3 is 2. The molecule has 0 aromatic heterocycles. The van der Waals surface area contributed by atoms with Crippen molar-refractivity contribution in [3.05, 3.63) is 59.2 Å². The van der Waals surface area contributed by atoms with Crippen LogP contribution in [0.15, 0.2) is 48.0 Å². The van der Waals surface area contributed by atoms with Crippen LogP contribution in [0.4, 0.5) is 0 Å². The summed E-state index contributed by atoms with van der Waals surface area (Å²) in [4.78, 5) is 29.3. The van der Waals surface area contributed by atoms with E-state index >= 15 is 0 Å². The molecule has 1 atom stereocenters. The van der Waals surface area contributed by atoms with Gasteiger partial charge in [0.25, 0.3) is 11.7 Å². The number of hydrogen-bond acceptors (Lipinski definition) is 7. The molecule has 1 aliphatic rings. The van der Waals surface area contributed by atoms with E-state index in [0.717, 1.165) is 0 Å². The van der Waals surface area contributed by atoms with E-state index in [2.05, 4.69) is 0 Å². The van der Waals surface area contributed by atoms with Crippen molar-refractivity contribution >= 4 is 17.4 Å². The number of benzene rings is 2. The molecule has 0 radical (unpaired) electrons. The molecule has 8 nitrogen and oxygen atoms in total. The molecule has 1 heterocycles. The summed E-state index contributed by atoms with van der Waals surface area (Å²) in [6.45, 7) is 0.790. The summed E-state index contributed by atoms with van der Waals surface area (Å²) >= 11 is 0. The van der Waals surface area contributed by atoms with E-state index in [4.69, 9.17) is 9.47 Å². The standard InChI is InChI=1S/C23H26N2O6/c1-24(2)11-12-25-20(16-7-5-6-8-18(16)31-4)19(22(28)23(25)29)21(27)15-10-9-14(30-3)13-17(15)26/h5-10,13,20,26-27H,11-12H2,1-4H3/t20-/m1/s1.